The Kier molecular flexibility index (Phi) is 2.48. The van der Waals surface area contributed by atoms with Crippen LogP contribution in [-0.2, 0) is 6.54 Å². The van der Waals surface area contributed by atoms with Crippen molar-refractivity contribution in [1.82, 2.24) is 5.16 Å². The number of nitrogens with two attached hydrogens (primary N) is 1. The van der Waals surface area contributed by atoms with Gasteiger partial charge in [0.25, 0.3) is 0 Å². The van der Waals surface area contributed by atoms with Crippen LogP contribution in [0, 0.1) is 11.3 Å². The van der Waals surface area contributed by atoms with Crippen LogP contribution in [0.4, 0.5) is 0 Å². The summed E-state index contributed by atoms with van der Waals surface area (Å²) in [5.74, 6) is 0.669. The average Bonchev–Trinajstić information content (AvgIpc) is 2.77. The zero-order valence-electron chi connectivity index (χ0n) is 7.97. The second-order valence-electron chi connectivity index (χ2n) is 3.07. The molecular formula is C11H9N3O. The molecule has 0 atom stereocenters. The zero-order chi connectivity index (χ0) is 10.7. The highest BCUT2D eigenvalue weighted by Crippen LogP contribution is 2.23. The van der Waals surface area contributed by atoms with E-state index in [1.54, 1.807) is 18.3 Å². The van der Waals surface area contributed by atoms with Gasteiger partial charge in [0.05, 0.1) is 17.8 Å². The summed E-state index contributed by atoms with van der Waals surface area (Å²) in [5, 5.41) is 12.3. The number of hydrogen-bond acceptors (Lipinski definition) is 4. The summed E-state index contributed by atoms with van der Waals surface area (Å²) in [6.45, 7) is 0.388. The van der Waals surface area contributed by atoms with E-state index in [-0.39, 0.29) is 0 Å². The maximum absolute atomic E-state index is 8.65. The fraction of sp³-hybridized carbons (Fsp3) is 0.0909. The van der Waals surface area contributed by atoms with Gasteiger partial charge < -0.3 is 10.3 Å². The van der Waals surface area contributed by atoms with Crippen LogP contribution in [0.3, 0.4) is 0 Å². The van der Waals surface area contributed by atoms with Gasteiger partial charge in [-0.05, 0) is 24.3 Å². The van der Waals surface area contributed by atoms with Gasteiger partial charge >= 0.3 is 0 Å². The fourth-order valence-corrected chi connectivity index (χ4v) is 1.34. The molecule has 0 spiro atoms. The Morgan fingerprint density at radius 3 is 2.67 bits per heavy atom. The quantitative estimate of drug-likeness (QED) is 0.798. The van der Waals surface area contributed by atoms with E-state index in [1.807, 2.05) is 12.1 Å². The van der Waals surface area contributed by atoms with Crippen molar-refractivity contribution in [2.75, 3.05) is 0 Å². The fourth-order valence-electron chi connectivity index (χ4n) is 1.34. The Bertz CT molecular complexity index is 493. The van der Waals surface area contributed by atoms with E-state index >= 15 is 0 Å². The minimum absolute atomic E-state index is 0.388. The van der Waals surface area contributed by atoms with E-state index in [2.05, 4.69) is 11.2 Å². The van der Waals surface area contributed by atoms with Crippen LogP contribution in [0.15, 0.2) is 35.0 Å². The largest absolute Gasteiger partial charge is 0.356 e. The first-order valence-electron chi connectivity index (χ1n) is 4.49. The Balaban J connectivity index is 2.42. The third-order valence-electron chi connectivity index (χ3n) is 2.14. The first kappa shape index (κ1) is 9.44. The summed E-state index contributed by atoms with van der Waals surface area (Å²) in [7, 11) is 0. The summed E-state index contributed by atoms with van der Waals surface area (Å²) in [6, 6.07) is 9.16. The number of benzene rings is 1. The molecule has 15 heavy (non-hydrogen) atoms. The Labute approximate surface area is 86.9 Å². The maximum Gasteiger partial charge on any atom is 0.171 e. The van der Waals surface area contributed by atoms with E-state index in [1.165, 1.54) is 0 Å². The molecule has 0 fully saturated rings. The second kappa shape index (κ2) is 3.95. The van der Waals surface area contributed by atoms with Crippen molar-refractivity contribution in [1.29, 1.82) is 5.26 Å². The Morgan fingerprint density at radius 1 is 1.33 bits per heavy atom. The van der Waals surface area contributed by atoms with Crippen LogP contribution >= 0.6 is 0 Å². The van der Waals surface area contributed by atoms with Gasteiger partial charge in [0.1, 0.15) is 0 Å². The van der Waals surface area contributed by atoms with Crippen LogP contribution in [0.1, 0.15) is 11.1 Å². The van der Waals surface area contributed by atoms with Gasteiger partial charge in [0.15, 0.2) is 5.76 Å². The van der Waals surface area contributed by atoms with Crippen LogP contribution in [0.2, 0.25) is 0 Å². The van der Waals surface area contributed by atoms with Gasteiger partial charge in [-0.3, -0.25) is 0 Å². The second-order valence-corrected chi connectivity index (χ2v) is 3.07. The SMILES string of the molecule is N#Cc1ccc(-c2oncc2CN)cc1. The number of aromatic nitrogens is 1. The van der Waals surface area contributed by atoms with Crippen LogP contribution in [0.5, 0.6) is 0 Å². The summed E-state index contributed by atoms with van der Waals surface area (Å²) in [6.07, 6.45) is 1.60. The van der Waals surface area contributed by atoms with Crippen LogP contribution < -0.4 is 5.73 Å². The summed E-state index contributed by atoms with van der Waals surface area (Å²) >= 11 is 0. The molecule has 0 bridgehead atoms. The molecule has 1 heterocycles. The molecule has 4 nitrogen and oxygen atoms in total. The Hall–Kier alpha value is -2.12. The van der Waals surface area contributed by atoms with Gasteiger partial charge in [-0.1, -0.05) is 5.16 Å². The van der Waals surface area contributed by atoms with Crippen molar-refractivity contribution in [3.05, 3.63) is 41.6 Å². The molecule has 74 valence electrons. The predicted molar refractivity (Wildman–Crippen MR) is 54.5 cm³/mol. The monoisotopic (exact) mass is 199 g/mol. The van der Waals surface area contributed by atoms with Crippen molar-refractivity contribution < 1.29 is 4.52 Å². The molecule has 0 saturated carbocycles. The lowest BCUT2D eigenvalue weighted by molar-refractivity contribution is 0.431. The highest BCUT2D eigenvalue weighted by atomic mass is 16.5. The van der Waals surface area contributed by atoms with Gasteiger partial charge in [0.2, 0.25) is 0 Å². The Morgan fingerprint density at radius 2 is 2.07 bits per heavy atom. The van der Waals surface area contributed by atoms with Crippen LogP contribution in [0.25, 0.3) is 11.3 Å². The van der Waals surface area contributed by atoms with Crippen molar-refractivity contribution >= 4 is 0 Å². The molecule has 0 amide bonds. The third-order valence-corrected chi connectivity index (χ3v) is 2.14. The van der Waals surface area contributed by atoms with Crippen molar-refractivity contribution in [2.45, 2.75) is 6.54 Å². The number of hydrogen-bond donors (Lipinski definition) is 1. The molecule has 0 radical (unpaired) electrons. The molecule has 2 aromatic rings. The van der Waals surface area contributed by atoms with E-state index in [0.717, 1.165) is 11.1 Å². The first-order valence-corrected chi connectivity index (χ1v) is 4.49. The van der Waals surface area contributed by atoms with E-state index < -0.39 is 0 Å². The molecule has 0 aliphatic heterocycles. The number of nitrogens with zero attached hydrogens (tertiary/aromatic N) is 2. The van der Waals surface area contributed by atoms with Crippen molar-refractivity contribution in [3.63, 3.8) is 0 Å². The van der Waals surface area contributed by atoms with Crippen molar-refractivity contribution in [2.24, 2.45) is 5.73 Å². The minimum atomic E-state index is 0.388. The summed E-state index contributed by atoms with van der Waals surface area (Å²) in [5.41, 5.74) is 7.90. The lowest BCUT2D eigenvalue weighted by Crippen LogP contribution is -1.95. The first-order chi connectivity index (χ1) is 7.35. The van der Waals surface area contributed by atoms with Gasteiger partial charge in [0, 0.05) is 17.7 Å². The lowest BCUT2D eigenvalue weighted by atomic mass is 10.1. The highest BCUT2D eigenvalue weighted by Gasteiger charge is 2.08. The zero-order valence-corrected chi connectivity index (χ0v) is 7.97. The molecule has 2 rings (SSSR count). The molecule has 2 N–H and O–H groups in total. The summed E-state index contributed by atoms with van der Waals surface area (Å²) in [4.78, 5) is 0. The highest BCUT2D eigenvalue weighted by molar-refractivity contribution is 5.61. The standard InChI is InChI=1S/C11H9N3O/c12-5-8-1-3-9(4-2-8)11-10(6-13)7-14-15-11/h1-4,7H,6,13H2. The molecule has 4 heteroatoms. The summed E-state index contributed by atoms with van der Waals surface area (Å²) < 4.78 is 5.10. The molecule has 0 saturated heterocycles. The van der Waals surface area contributed by atoms with Gasteiger partial charge in [-0.2, -0.15) is 5.26 Å². The van der Waals surface area contributed by atoms with E-state index in [0.29, 0.717) is 17.9 Å². The lowest BCUT2D eigenvalue weighted by Gasteiger charge is -1.98. The molecule has 1 aromatic heterocycles. The molecule has 1 aromatic carbocycles. The molecule has 0 aliphatic carbocycles. The predicted octanol–water partition coefficient (Wildman–Crippen LogP) is 1.67. The smallest absolute Gasteiger partial charge is 0.171 e. The third kappa shape index (κ3) is 1.73. The average molecular weight is 199 g/mol. The maximum atomic E-state index is 8.65. The van der Waals surface area contributed by atoms with Gasteiger partial charge in [-0.25, -0.2) is 0 Å². The number of nitriles is 1. The van der Waals surface area contributed by atoms with Gasteiger partial charge in [-0.15, -0.1) is 0 Å². The van der Waals surface area contributed by atoms with Crippen molar-refractivity contribution in [3.8, 4) is 17.4 Å². The van der Waals surface area contributed by atoms with Crippen LogP contribution in [-0.4, -0.2) is 5.16 Å². The minimum Gasteiger partial charge on any atom is -0.356 e. The number of rotatable bonds is 2. The van der Waals surface area contributed by atoms with E-state index in [9.17, 15) is 0 Å². The molecular weight excluding hydrogens is 190 g/mol. The van der Waals surface area contributed by atoms with E-state index in [4.69, 9.17) is 15.5 Å². The molecule has 0 unspecified atom stereocenters. The normalized spacial score (nSPS) is 9.87. The molecule has 0 aliphatic rings. The topological polar surface area (TPSA) is 75.8 Å².